The number of aliphatic imine (C=N–C) groups is 1. The van der Waals surface area contributed by atoms with Crippen molar-refractivity contribution >= 4 is 5.96 Å². The van der Waals surface area contributed by atoms with Crippen LogP contribution < -0.4 is 5.32 Å². The molecular weight excluding hydrogens is 316 g/mol. The highest BCUT2D eigenvalue weighted by Gasteiger charge is 2.53. The van der Waals surface area contributed by atoms with Gasteiger partial charge in [-0.3, -0.25) is 9.89 Å². The minimum atomic E-state index is 0.118. The number of rotatable bonds is 4. The Balaban J connectivity index is 1.35. The Hall–Kier alpha value is -0.850. The maximum absolute atomic E-state index is 6.11. The molecule has 4 fully saturated rings. The summed E-state index contributed by atoms with van der Waals surface area (Å²) in [7, 11) is 0. The monoisotopic (exact) mass is 350 g/mol. The second-order valence-corrected chi connectivity index (χ2v) is 8.61. The van der Waals surface area contributed by atoms with E-state index in [1.165, 1.54) is 12.8 Å². The number of morpholine rings is 1. The van der Waals surface area contributed by atoms with E-state index in [9.17, 15) is 0 Å². The van der Waals surface area contributed by atoms with Crippen molar-refractivity contribution in [2.75, 3.05) is 52.5 Å². The minimum Gasteiger partial charge on any atom is -0.378 e. The zero-order chi connectivity index (χ0) is 17.4. The molecule has 0 spiro atoms. The molecule has 4 unspecified atom stereocenters. The van der Waals surface area contributed by atoms with E-state index in [0.717, 1.165) is 70.3 Å². The molecule has 4 saturated heterocycles. The van der Waals surface area contributed by atoms with Crippen LogP contribution >= 0.6 is 0 Å². The highest BCUT2D eigenvalue weighted by atomic mass is 16.5. The molecule has 1 N–H and O–H groups in total. The highest BCUT2D eigenvalue weighted by molar-refractivity contribution is 5.80. The van der Waals surface area contributed by atoms with Gasteiger partial charge in [-0.25, -0.2) is 0 Å². The van der Waals surface area contributed by atoms with Crippen molar-refractivity contribution in [3.8, 4) is 0 Å². The van der Waals surface area contributed by atoms with E-state index in [2.05, 4.69) is 35.9 Å². The van der Waals surface area contributed by atoms with Gasteiger partial charge in [-0.05, 0) is 33.6 Å². The Kier molecular flexibility index (Phi) is 4.95. The zero-order valence-corrected chi connectivity index (χ0v) is 16.0. The lowest BCUT2D eigenvalue weighted by Gasteiger charge is -2.41. The quantitative estimate of drug-likeness (QED) is 0.609. The third-order valence-corrected chi connectivity index (χ3v) is 6.54. The molecule has 0 aromatic rings. The van der Waals surface area contributed by atoms with E-state index in [1.54, 1.807) is 0 Å². The van der Waals surface area contributed by atoms with Crippen LogP contribution in [-0.2, 0) is 9.47 Å². The third kappa shape index (κ3) is 3.40. The standard InChI is InChI=1S/C19H34N4O2/c1-4-20-18(21-7-8-23-9-10-24-13-19(23,2)3)22-11-14-15(12-22)17-6-5-16(14)25-17/h14-17H,4-13H2,1-3H3,(H,20,21). The van der Waals surface area contributed by atoms with Crippen LogP contribution in [0.3, 0.4) is 0 Å². The number of fused-ring (bicyclic) bond motifs is 5. The molecular formula is C19H34N4O2. The predicted molar refractivity (Wildman–Crippen MR) is 98.9 cm³/mol. The SMILES string of the molecule is CCNC(=NCCN1CCOCC1(C)C)N1CC2C3CCC(O3)C2C1. The Morgan fingerprint density at radius 3 is 2.56 bits per heavy atom. The Labute approximate surface area is 151 Å². The zero-order valence-electron chi connectivity index (χ0n) is 16.0. The molecule has 6 nitrogen and oxygen atoms in total. The molecule has 4 atom stereocenters. The summed E-state index contributed by atoms with van der Waals surface area (Å²) < 4.78 is 11.7. The number of ether oxygens (including phenoxy) is 2. The van der Waals surface area contributed by atoms with Gasteiger partial charge in [-0.15, -0.1) is 0 Å². The fourth-order valence-corrected chi connectivity index (χ4v) is 5.14. The van der Waals surface area contributed by atoms with Gasteiger partial charge < -0.3 is 19.7 Å². The molecule has 0 aliphatic carbocycles. The number of guanidine groups is 1. The van der Waals surface area contributed by atoms with Crippen molar-refractivity contribution in [2.24, 2.45) is 16.8 Å². The molecule has 2 bridgehead atoms. The summed E-state index contributed by atoms with van der Waals surface area (Å²) in [6.45, 7) is 14.3. The maximum atomic E-state index is 6.11. The Morgan fingerprint density at radius 2 is 1.92 bits per heavy atom. The van der Waals surface area contributed by atoms with Crippen LogP contribution in [0.15, 0.2) is 4.99 Å². The normalized spacial score (nSPS) is 37.6. The lowest BCUT2D eigenvalue weighted by atomic mass is 9.82. The van der Waals surface area contributed by atoms with Crippen LogP contribution in [0.25, 0.3) is 0 Å². The number of nitrogens with zero attached hydrogens (tertiary/aromatic N) is 3. The van der Waals surface area contributed by atoms with Crippen molar-refractivity contribution in [3.63, 3.8) is 0 Å². The fourth-order valence-electron chi connectivity index (χ4n) is 5.14. The average Bonchev–Trinajstić information content (AvgIpc) is 3.28. The lowest BCUT2D eigenvalue weighted by molar-refractivity contribution is -0.0491. The van der Waals surface area contributed by atoms with E-state index in [1.807, 2.05) is 0 Å². The van der Waals surface area contributed by atoms with Gasteiger partial charge in [-0.1, -0.05) is 0 Å². The van der Waals surface area contributed by atoms with E-state index in [-0.39, 0.29) is 5.54 Å². The Bertz CT molecular complexity index is 492. The topological polar surface area (TPSA) is 49.3 Å². The fraction of sp³-hybridized carbons (Fsp3) is 0.947. The van der Waals surface area contributed by atoms with Crippen LogP contribution in [0.4, 0.5) is 0 Å². The predicted octanol–water partition coefficient (Wildman–Crippen LogP) is 1.17. The Morgan fingerprint density at radius 1 is 1.20 bits per heavy atom. The van der Waals surface area contributed by atoms with Crippen LogP contribution in [0.5, 0.6) is 0 Å². The second-order valence-electron chi connectivity index (χ2n) is 8.61. The van der Waals surface area contributed by atoms with Crippen molar-refractivity contribution in [3.05, 3.63) is 0 Å². The molecule has 0 amide bonds. The van der Waals surface area contributed by atoms with Gasteiger partial charge in [0.25, 0.3) is 0 Å². The number of hydrogen-bond donors (Lipinski definition) is 1. The van der Waals surface area contributed by atoms with Crippen molar-refractivity contribution in [2.45, 2.75) is 51.4 Å². The van der Waals surface area contributed by atoms with E-state index >= 15 is 0 Å². The molecule has 4 aliphatic rings. The van der Waals surface area contributed by atoms with Crippen LogP contribution in [-0.4, -0.2) is 86.0 Å². The van der Waals surface area contributed by atoms with Gasteiger partial charge in [0.1, 0.15) is 0 Å². The molecule has 0 aromatic heterocycles. The van der Waals surface area contributed by atoms with Gasteiger partial charge in [0.2, 0.25) is 0 Å². The van der Waals surface area contributed by atoms with E-state index in [4.69, 9.17) is 14.5 Å². The smallest absolute Gasteiger partial charge is 0.193 e. The van der Waals surface area contributed by atoms with Gasteiger partial charge in [0.05, 0.1) is 32.0 Å². The van der Waals surface area contributed by atoms with Crippen LogP contribution in [0.1, 0.15) is 33.6 Å². The average molecular weight is 351 g/mol. The lowest BCUT2D eigenvalue weighted by Crippen LogP contribution is -2.53. The first-order valence-corrected chi connectivity index (χ1v) is 10.1. The number of likely N-dealkylation sites (tertiary alicyclic amines) is 1. The second kappa shape index (κ2) is 7.05. The first kappa shape index (κ1) is 17.6. The van der Waals surface area contributed by atoms with Gasteiger partial charge in [0.15, 0.2) is 5.96 Å². The largest absolute Gasteiger partial charge is 0.378 e. The first-order chi connectivity index (χ1) is 12.1. The molecule has 4 aliphatic heterocycles. The third-order valence-electron chi connectivity index (χ3n) is 6.54. The van der Waals surface area contributed by atoms with E-state index in [0.29, 0.717) is 12.2 Å². The summed E-state index contributed by atoms with van der Waals surface area (Å²) in [6.07, 6.45) is 3.55. The molecule has 0 aromatic carbocycles. The number of nitrogens with one attached hydrogen (secondary N) is 1. The summed E-state index contributed by atoms with van der Waals surface area (Å²) in [5.74, 6) is 2.55. The van der Waals surface area contributed by atoms with E-state index < -0.39 is 0 Å². The molecule has 142 valence electrons. The van der Waals surface area contributed by atoms with Crippen molar-refractivity contribution < 1.29 is 9.47 Å². The summed E-state index contributed by atoms with van der Waals surface area (Å²) >= 11 is 0. The summed E-state index contributed by atoms with van der Waals surface area (Å²) in [5, 5.41) is 3.51. The van der Waals surface area contributed by atoms with Crippen LogP contribution in [0, 0.1) is 11.8 Å². The summed E-state index contributed by atoms with van der Waals surface area (Å²) in [5.41, 5.74) is 0.118. The molecule has 0 saturated carbocycles. The minimum absolute atomic E-state index is 0.118. The molecule has 25 heavy (non-hydrogen) atoms. The molecule has 0 radical (unpaired) electrons. The van der Waals surface area contributed by atoms with Gasteiger partial charge in [0, 0.05) is 50.1 Å². The van der Waals surface area contributed by atoms with Crippen LogP contribution in [0.2, 0.25) is 0 Å². The van der Waals surface area contributed by atoms with Gasteiger partial charge >= 0.3 is 0 Å². The molecule has 4 rings (SSSR count). The molecule has 6 heteroatoms. The summed E-state index contributed by atoms with van der Waals surface area (Å²) in [4.78, 5) is 9.95. The number of hydrogen-bond acceptors (Lipinski definition) is 4. The van der Waals surface area contributed by atoms with Crippen molar-refractivity contribution in [1.82, 2.24) is 15.1 Å². The first-order valence-electron chi connectivity index (χ1n) is 10.1. The van der Waals surface area contributed by atoms with Crippen molar-refractivity contribution in [1.29, 1.82) is 0 Å². The highest BCUT2D eigenvalue weighted by Crippen LogP contribution is 2.47. The van der Waals surface area contributed by atoms with Gasteiger partial charge in [-0.2, -0.15) is 0 Å². The maximum Gasteiger partial charge on any atom is 0.193 e. The summed E-state index contributed by atoms with van der Waals surface area (Å²) in [6, 6.07) is 0. The molecule has 4 heterocycles.